The molecular weight excluding hydrogens is 429 g/mol. The molecule has 11 heteroatoms. The van der Waals surface area contributed by atoms with Gasteiger partial charge in [-0.05, 0) is 47.5 Å². The zero-order valence-electron chi connectivity index (χ0n) is 16.4. The molecule has 7 nitrogen and oxygen atoms in total. The SMILES string of the molecule is Cc1ccccc1-n1nnnc1SCCCc1nc(-c2cccc(C(F)(F)F)c2)no1. The Morgan fingerprint density at radius 1 is 1.10 bits per heavy atom. The van der Waals surface area contributed by atoms with Crippen molar-refractivity contribution >= 4 is 11.8 Å². The van der Waals surface area contributed by atoms with Crippen molar-refractivity contribution in [2.24, 2.45) is 0 Å². The van der Waals surface area contributed by atoms with Crippen molar-refractivity contribution in [3.63, 3.8) is 0 Å². The van der Waals surface area contributed by atoms with E-state index in [0.717, 1.165) is 23.4 Å². The molecule has 2 aromatic heterocycles. The van der Waals surface area contributed by atoms with Gasteiger partial charge >= 0.3 is 6.18 Å². The molecule has 0 N–H and O–H groups in total. The fraction of sp³-hybridized carbons (Fsp3) is 0.250. The van der Waals surface area contributed by atoms with E-state index < -0.39 is 11.7 Å². The van der Waals surface area contributed by atoms with Gasteiger partial charge in [0.15, 0.2) is 0 Å². The topological polar surface area (TPSA) is 82.5 Å². The number of thioether (sulfide) groups is 1. The lowest BCUT2D eigenvalue weighted by atomic mass is 10.1. The molecule has 0 spiro atoms. The van der Waals surface area contributed by atoms with Crippen molar-refractivity contribution < 1.29 is 17.7 Å². The van der Waals surface area contributed by atoms with Crippen LogP contribution in [0.3, 0.4) is 0 Å². The number of hydrogen-bond donors (Lipinski definition) is 0. The van der Waals surface area contributed by atoms with Gasteiger partial charge in [0, 0.05) is 17.7 Å². The van der Waals surface area contributed by atoms with Crippen molar-refractivity contribution in [2.45, 2.75) is 31.1 Å². The maximum absolute atomic E-state index is 12.9. The molecule has 0 atom stereocenters. The van der Waals surface area contributed by atoms with Gasteiger partial charge in [-0.25, -0.2) is 0 Å². The summed E-state index contributed by atoms with van der Waals surface area (Å²) in [5.41, 5.74) is 1.48. The molecule has 0 unspecified atom stereocenters. The predicted octanol–water partition coefficient (Wildman–Crippen LogP) is 4.76. The summed E-state index contributed by atoms with van der Waals surface area (Å²) in [6, 6.07) is 12.7. The van der Waals surface area contributed by atoms with E-state index in [-0.39, 0.29) is 11.4 Å². The first-order valence-electron chi connectivity index (χ1n) is 9.39. The number of tetrazole rings is 1. The Balaban J connectivity index is 1.35. The molecule has 0 aliphatic heterocycles. The molecule has 0 saturated heterocycles. The molecule has 2 aromatic carbocycles. The number of para-hydroxylation sites is 1. The monoisotopic (exact) mass is 446 g/mol. The first-order chi connectivity index (χ1) is 14.9. The summed E-state index contributed by atoms with van der Waals surface area (Å²) in [5, 5.41) is 16.4. The number of rotatable bonds is 7. The minimum absolute atomic E-state index is 0.136. The zero-order valence-corrected chi connectivity index (χ0v) is 17.2. The van der Waals surface area contributed by atoms with Crippen LogP contribution in [-0.2, 0) is 12.6 Å². The van der Waals surface area contributed by atoms with Crippen LogP contribution in [0.25, 0.3) is 17.1 Å². The van der Waals surface area contributed by atoms with Gasteiger partial charge in [0.2, 0.25) is 16.9 Å². The van der Waals surface area contributed by atoms with Crippen LogP contribution in [0.2, 0.25) is 0 Å². The standard InChI is InChI=1S/C20H17F3N6OS/c1-13-6-2-3-9-16(13)29-19(25-27-28-29)31-11-5-10-17-24-18(26-30-17)14-7-4-8-15(12-14)20(21,22)23/h2-4,6-9,12H,5,10-11H2,1H3. The first-order valence-corrected chi connectivity index (χ1v) is 10.4. The van der Waals surface area contributed by atoms with Crippen LogP contribution in [0, 0.1) is 6.92 Å². The maximum atomic E-state index is 12.9. The van der Waals surface area contributed by atoms with Crippen LogP contribution in [0.1, 0.15) is 23.4 Å². The minimum atomic E-state index is -4.42. The van der Waals surface area contributed by atoms with E-state index in [1.54, 1.807) is 4.68 Å². The maximum Gasteiger partial charge on any atom is 0.416 e. The average molecular weight is 446 g/mol. The van der Waals surface area contributed by atoms with E-state index in [9.17, 15) is 13.2 Å². The average Bonchev–Trinajstić information content (AvgIpc) is 3.41. The highest BCUT2D eigenvalue weighted by Gasteiger charge is 2.30. The second-order valence-corrected chi connectivity index (χ2v) is 7.76. The second-order valence-electron chi connectivity index (χ2n) is 6.70. The lowest BCUT2D eigenvalue weighted by Gasteiger charge is -2.06. The van der Waals surface area contributed by atoms with E-state index in [2.05, 4.69) is 25.7 Å². The summed E-state index contributed by atoms with van der Waals surface area (Å²) < 4.78 is 45.5. The summed E-state index contributed by atoms with van der Waals surface area (Å²) in [5.74, 6) is 1.21. The first kappa shape index (κ1) is 21.0. The van der Waals surface area contributed by atoms with E-state index in [1.165, 1.54) is 23.9 Å². The highest BCUT2D eigenvalue weighted by Crippen LogP contribution is 2.31. The number of benzene rings is 2. The van der Waals surface area contributed by atoms with Crippen LogP contribution in [0.5, 0.6) is 0 Å². The Morgan fingerprint density at radius 2 is 1.94 bits per heavy atom. The molecule has 0 aliphatic carbocycles. The second kappa shape index (κ2) is 8.88. The molecule has 0 radical (unpaired) electrons. The van der Waals surface area contributed by atoms with E-state index >= 15 is 0 Å². The lowest BCUT2D eigenvalue weighted by molar-refractivity contribution is -0.137. The Morgan fingerprint density at radius 3 is 2.74 bits per heavy atom. The van der Waals surface area contributed by atoms with Gasteiger partial charge in [0.25, 0.3) is 0 Å². The van der Waals surface area contributed by atoms with Crippen molar-refractivity contribution in [1.82, 2.24) is 30.3 Å². The van der Waals surface area contributed by atoms with Crippen LogP contribution >= 0.6 is 11.8 Å². The van der Waals surface area contributed by atoms with Gasteiger partial charge in [-0.15, -0.1) is 5.10 Å². The van der Waals surface area contributed by atoms with Gasteiger partial charge in [0.05, 0.1) is 11.3 Å². The third kappa shape index (κ3) is 4.93. The number of aryl methyl sites for hydroxylation is 2. The molecule has 2 heterocycles. The fourth-order valence-corrected chi connectivity index (χ4v) is 3.74. The number of aromatic nitrogens is 6. The Bertz CT molecular complexity index is 1170. The molecular formula is C20H17F3N6OS. The van der Waals surface area contributed by atoms with Crippen molar-refractivity contribution in [1.29, 1.82) is 0 Å². The Kier molecular flexibility index (Phi) is 6.03. The number of halogens is 3. The van der Waals surface area contributed by atoms with Crippen LogP contribution in [-0.4, -0.2) is 36.1 Å². The summed E-state index contributed by atoms with van der Waals surface area (Å²) >= 11 is 1.50. The summed E-state index contributed by atoms with van der Waals surface area (Å²) in [7, 11) is 0. The molecule has 4 aromatic rings. The van der Waals surface area contributed by atoms with Crippen LogP contribution in [0.15, 0.2) is 58.2 Å². The zero-order chi connectivity index (χ0) is 21.8. The van der Waals surface area contributed by atoms with Gasteiger partial charge in [-0.1, -0.05) is 47.3 Å². The van der Waals surface area contributed by atoms with Crippen molar-refractivity contribution in [3.8, 4) is 17.1 Å². The molecule has 160 valence electrons. The highest BCUT2D eigenvalue weighted by atomic mass is 32.2. The molecule has 0 bridgehead atoms. The van der Waals surface area contributed by atoms with Gasteiger partial charge in [-0.2, -0.15) is 22.8 Å². The predicted molar refractivity (Wildman–Crippen MR) is 108 cm³/mol. The molecule has 0 fully saturated rings. The Hall–Kier alpha value is -3.21. The largest absolute Gasteiger partial charge is 0.416 e. The normalized spacial score (nSPS) is 11.7. The molecule has 31 heavy (non-hydrogen) atoms. The summed E-state index contributed by atoms with van der Waals surface area (Å²) in [4.78, 5) is 4.22. The minimum Gasteiger partial charge on any atom is -0.339 e. The molecule has 0 aliphatic rings. The fourth-order valence-electron chi connectivity index (χ4n) is 2.92. The highest BCUT2D eigenvalue weighted by molar-refractivity contribution is 7.99. The third-order valence-electron chi connectivity index (χ3n) is 4.47. The molecule has 4 rings (SSSR count). The molecule has 0 amide bonds. The number of nitrogens with zero attached hydrogens (tertiary/aromatic N) is 6. The smallest absolute Gasteiger partial charge is 0.339 e. The summed E-state index contributed by atoms with van der Waals surface area (Å²) in [6.07, 6.45) is -3.23. The van der Waals surface area contributed by atoms with E-state index in [1.807, 2.05) is 31.2 Å². The van der Waals surface area contributed by atoms with Gasteiger partial charge in [0.1, 0.15) is 0 Å². The third-order valence-corrected chi connectivity index (χ3v) is 5.47. The van der Waals surface area contributed by atoms with Gasteiger partial charge < -0.3 is 4.52 Å². The number of hydrogen-bond acceptors (Lipinski definition) is 7. The van der Waals surface area contributed by atoms with Crippen molar-refractivity contribution in [3.05, 3.63) is 65.5 Å². The van der Waals surface area contributed by atoms with E-state index in [4.69, 9.17) is 4.52 Å². The molecule has 0 saturated carbocycles. The summed E-state index contributed by atoms with van der Waals surface area (Å²) in [6.45, 7) is 1.99. The number of alkyl halides is 3. The lowest BCUT2D eigenvalue weighted by Crippen LogP contribution is -2.04. The van der Waals surface area contributed by atoms with Crippen LogP contribution < -0.4 is 0 Å². The van der Waals surface area contributed by atoms with E-state index in [0.29, 0.717) is 29.6 Å². The van der Waals surface area contributed by atoms with Crippen LogP contribution in [0.4, 0.5) is 13.2 Å². The van der Waals surface area contributed by atoms with Crippen molar-refractivity contribution in [2.75, 3.05) is 5.75 Å². The quantitative estimate of drug-likeness (QED) is 0.299. The van der Waals surface area contributed by atoms with Gasteiger partial charge in [-0.3, -0.25) is 0 Å². The Labute approximate surface area is 179 Å².